The number of benzene rings is 1. The van der Waals surface area contributed by atoms with Gasteiger partial charge in [-0.1, -0.05) is 0 Å². The Balaban J connectivity index is 2.14. The van der Waals surface area contributed by atoms with Crippen LogP contribution in [0.4, 0.5) is 4.79 Å². The Labute approximate surface area is 122 Å². The predicted molar refractivity (Wildman–Crippen MR) is 78.6 cm³/mol. The maximum atomic E-state index is 10.9. The molecule has 1 aromatic heterocycles. The van der Waals surface area contributed by atoms with Crippen LogP contribution in [0.5, 0.6) is 0 Å². The summed E-state index contributed by atoms with van der Waals surface area (Å²) in [7, 11) is 0. The molecule has 0 saturated heterocycles. The van der Waals surface area contributed by atoms with Gasteiger partial charge in [-0.2, -0.15) is 0 Å². The number of pyridine rings is 1. The zero-order valence-electron chi connectivity index (χ0n) is 11.1. The number of carbonyl (C=O) groups is 1. The quantitative estimate of drug-likeness (QED) is 0.675. The fourth-order valence-electron chi connectivity index (χ4n) is 1.92. The summed E-state index contributed by atoms with van der Waals surface area (Å²) in [5.74, 6) is 0. The van der Waals surface area contributed by atoms with Crippen molar-refractivity contribution in [3.05, 3.63) is 60.3 Å². The number of carboxylic acid groups (broad SMARTS) is 1. The molecule has 0 spiro atoms. The summed E-state index contributed by atoms with van der Waals surface area (Å²) in [5, 5.41) is 9.62. The van der Waals surface area contributed by atoms with Gasteiger partial charge in [-0.15, -0.1) is 0 Å². The number of rotatable bonds is 5. The van der Waals surface area contributed by atoms with E-state index in [9.17, 15) is 4.79 Å². The van der Waals surface area contributed by atoms with Gasteiger partial charge in [-0.25, -0.2) is 0 Å². The van der Waals surface area contributed by atoms with E-state index in [0.29, 0.717) is 5.21 Å². The summed E-state index contributed by atoms with van der Waals surface area (Å²) in [6.07, 6.45) is 0.124. The van der Waals surface area contributed by atoms with Crippen molar-refractivity contribution in [1.82, 2.24) is 4.98 Å². The summed E-state index contributed by atoms with van der Waals surface area (Å²) in [6, 6.07) is 15.3. The van der Waals surface area contributed by atoms with E-state index in [-0.39, 0.29) is 0 Å². The van der Waals surface area contributed by atoms with Gasteiger partial charge < -0.3 is 0 Å². The van der Waals surface area contributed by atoms with E-state index >= 15 is 0 Å². The molecule has 2 atom stereocenters. The Hall–Kier alpha value is -1.80. The molecule has 5 heteroatoms. The Morgan fingerprint density at radius 1 is 1.25 bits per heavy atom. The molecule has 4 nitrogen and oxygen atoms in total. The molecular formula is C15H16AsNO3. The summed E-state index contributed by atoms with van der Waals surface area (Å²) >= 11 is -1.42. The van der Waals surface area contributed by atoms with Crippen LogP contribution in [0.25, 0.3) is 0 Å². The van der Waals surface area contributed by atoms with Crippen LogP contribution < -0.4 is 4.48 Å². The molecule has 0 aliphatic carbocycles. The van der Waals surface area contributed by atoms with Gasteiger partial charge in [0.1, 0.15) is 0 Å². The van der Waals surface area contributed by atoms with Crippen LogP contribution in [0.1, 0.15) is 11.7 Å². The van der Waals surface area contributed by atoms with Crippen molar-refractivity contribution >= 4 is 25.3 Å². The first kappa shape index (κ1) is 14.6. The van der Waals surface area contributed by atoms with Crippen molar-refractivity contribution in [2.24, 2.45) is 0 Å². The third kappa shape index (κ3) is 4.10. The second-order valence-corrected chi connectivity index (χ2v) is 9.01. The molecule has 2 aromatic rings. The van der Waals surface area contributed by atoms with Crippen LogP contribution in [0.3, 0.4) is 0 Å². The van der Waals surface area contributed by atoms with E-state index in [0.717, 1.165) is 10.0 Å². The van der Waals surface area contributed by atoms with Crippen molar-refractivity contribution < 1.29 is 14.6 Å². The number of nitrogens with zero attached hydrogens (tertiary/aromatic N) is 1. The molecule has 2 rings (SSSR count). The average molecular weight is 333 g/mol. The van der Waals surface area contributed by atoms with Gasteiger partial charge >= 0.3 is 122 Å². The monoisotopic (exact) mass is 333 g/mol. The van der Waals surface area contributed by atoms with Crippen molar-refractivity contribution in [1.29, 1.82) is 0 Å². The molecule has 0 saturated carbocycles. The van der Waals surface area contributed by atoms with Crippen LogP contribution in [-0.4, -0.2) is 30.9 Å². The van der Waals surface area contributed by atoms with Crippen LogP contribution >= 0.6 is 0 Å². The molecule has 0 fully saturated rings. The minimum atomic E-state index is -1.42. The second kappa shape index (κ2) is 7.11. The van der Waals surface area contributed by atoms with Gasteiger partial charge in [0, 0.05) is 0 Å². The van der Waals surface area contributed by atoms with Gasteiger partial charge in [0.2, 0.25) is 0 Å². The molecule has 0 amide bonds. The van der Waals surface area contributed by atoms with E-state index in [1.165, 1.54) is 0 Å². The van der Waals surface area contributed by atoms with E-state index in [1.54, 1.807) is 6.20 Å². The Bertz CT molecular complexity index is 548. The second-order valence-electron chi connectivity index (χ2n) is 4.35. The van der Waals surface area contributed by atoms with Gasteiger partial charge in [0.15, 0.2) is 0 Å². The topological polar surface area (TPSA) is 59.4 Å². The molecule has 20 heavy (non-hydrogen) atoms. The first-order valence-electron chi connectivity index (χ1n) is 6.23. The van der Waals surface area contributed by atoms with E-state index < -0.39 is 26.9 Å². The Morgan fingerprint density at radius 3 is 2.55 bits per heavy atom. The normalized spacial score (nSPS) is 13.4. The van der Waals surface area contributed by atoms with Gasteiger partial charge in [0.05, 0.1) is 0 Å². The van der Waals surface area contributed by atoms with Gasteiger partial charge in [-0.3, -0.25) is 0 Å². The molecule has 2 unspecified atom stereocenters. The third-order valence-electron chi connectivity index (χ3n) is 2.89. The molecule has 1 heterocycles. The van der Waals surface area contributed by atoms with E-state index in [4.69, 9.17) is 9.84 Å². The van der Waals surface area contributed by atoms with E-state index in [2.05, 4.69) is 10.7 Å². The summed E-state index contributed by atoms with van der Waals surface area (Å²) in [6.45, 7) is 0. The zero-order chi connectivity index (χ0) is 14.4. The molecule has 0 bridgehead atoms. The van der Waals surface area contributed by atoms with Crippen LogP contribution in [0.15, 0.2) is 54.7 Å². The molecule has 104 valence electrons. The molecule has 1 aromatic carbocycles. The fourth-order valence-corrected chi connectivity index (χ4v) is 5.22. The summed E-state index contributed by atoms with van der Waals surface area (Å²) in [4.78, 5) is 15.2. The van der Waals surface area contributed by atoms with Crippen molar-refractivity contribution in [2.75, 3.05) is 0 Å². The predicted octanol–water partition coefficient (Wildman–Crippen LogP) is 2.85. The molecular weight excluding hydrogens is 317 g/mol. The number of hydrogen-bond acceptors (Lipinski definition) is 3. The minimum absolute atomic E-state index is 0.416. The summed E-state index contributed by atoms with van der Waals surface area (Å²) in [5.41, 5.74) is 3.06. The Morgan fingerprint density at radius 2 is 1.95 bits per heavy atom. The van der Waals surface area contributed by atoms with Crippen molar-refractivity contribution in [3.8, 4) is 0 Å². The average Bonchev–Trinajstić information content (AvgIpc) is 2.48. The molecule has 0 radical (unpaired) electrons. The number of ether oxygens (including phenoxy) is 1. The van der Waals surface area contributed by atoms with Crippen LogP contribution in [-0.2, 0) is 4.74 Å². The third-order valence-corrected chi connectivity index (χ3v) is 6.94. The molecule has 1 N–H and O–H groups in total. The molecule has 0 aliphatic rings. The van der Waals surface area contributed by atoms with Crippen molar-refractivity contribution in [3.63, 3.8) is 0 Å². The first-order chi connectivity index (χ1) is 9.66. The number of hydrogen-bond donors (Lipinski definition) is 1. The summed E-state index contributed by atoms with van der Waals surface area (Å²) < 4.78 is 6.13. The zero-order valence-corrected chi connectivity index (χ0v) is 13.0. The van der Waals surface area contributed by atoms with Crippen molar-refractivity contribution in [2.45, 2.75) is 17.0 Å². The fraction of sp³-hybridized carbons (Fsp3) is 0.200. The van der Waals surface area contributed by atoms with E-state index in [1.807, 2.05) is 48.5 Å². The molecule has 0 aliphatic heterocycles. The number of aromatic nitrogens is 1. The SMILES string of the molecule is C[As](CC(OC(=O)O)c1ccccc1)c1ccccn1. The van der Waals surface area contributed by atoms with Gasteiger partial charge in [0.25, 0.3) is 0 Å². The van der Waals surface area contributed by atoms with Crippen LogP contribution in [0.2, 0.25) is 10.9 Å². The van der Waals surface area contributed by atoms with Crippen LogP contribution in [0, 0.1) is 0 Å². The standard InChI is InChI=1S/C15H16AsNO3/c1-16(14-9-5-6-10-17-14)11-13(20-15(18)19)12-7-3-2-4-8-12/h2-10,13H,11H2,1H3,(H,18,19). The first-order valence-corrected chi connectivity index (χ1v) is 10.4. The maximum absolute atomic E-state index is 10.9. The Kier molecular flexibility index (Phi) is 5.19. The van der Waals surface area contributed by atoms with Gasteiger partial charge in [-0.05, 0) is 0 Å².